The topological polar surface area (TPSA) is 108 Å². The number of carbonyl (C=O) groups excluding carboxylic acids is 2. The maximum absolute atomic E-state index is 12.6. The first kappa shape index (κ1) is 61.0. The molecule has 0 saturated heterocycles. The summed E-state index contributed by atoms with van der Waals surface area (Å²) in [5.41, 5.74) is 0. The summed E-state index contributed by atoms with van der Waals surface area (Å²) in [5, 5.41) is 0. The summed E-state index contributed by atoms with van der Waals surface area (Å²) in [4.78, 5) is 35.0. The van der Waals surface area contributed by atoms with Crippen molar-refractivity contribution in [1.29, 1.82) is 0 Å². The molecule has 0 saturated carbocycles. The van der Waals surface area contributed by atoms with Crippen molar-refractivity contribution in [3.63, 3.8) is 0 Å². The lowest BCUT2D eigenvalue weighted by Gasteiger charge is -2.19. The first-order valence-electron chi connectivity index (χ1n) is 27.3. The Morgan fingerprint density at radius 2 is 0.629 bits per heavy atom. The molecule has 9 heteroatoms. The van der Waals surface area contributed by atoms with Gasteiger partial charge in [-0.3, -0.25) is 18.6 Å². The molecule has 0 aliphatic heterocycles. The number of hydrogen-bond acceptors (Lipinski definition) is 7. The molecule has 0 aromatic carbocycles. The third-order valence-electron chi connectivity index (χ3n) is 12.4. The van der Waals surface area contributed by atoms with E-state index in [9.17, 15) is 19.0 Å². The predicted molar refractivity (Wildman–Crippen MR) is 263 cm³/mol. The molecular weight excluding hydrogens is 796 g/mol. The summed E-state index contributed by atoms with van der Waals surface area (Å²) >= 11 is 0. The zero-order valence-electron chi connectivity index (χ0n) is 41.6. The molecule has 0 radical (unpaired) electrons. The number of esters is 2. The Bertz CT molecular complexity index is 977. The number of hydrogen-bond donors (Lipinski definition) is 1. The average molecular weight is 901 g/mol. The van der Waals surface area contributed by atoms with Crippen LogP contribution >= 0.6 is 7.82 Å². The van der Waals surface area contributed by atoms with E-state index in [1.54, 1.807) is 6.92 Å². The number of carbonyl (C=O) groups is 2. The van der Waals surface area contributed by atoms with Crippen LogP contribution in [0.5, 0.6) is 0 Å². The van der Waals surface area contributed by atoms with E-state index in [1.807, 2.05) is 0 Å². The lowest BCUT2D eigenvalue weighted by molar-refractivity contribution is -0.161. The van der Waals surface area contributed by atoms with Gasteiger partial charge in [-0.05, 0) is 19.8 Å². The van der Waals surface area contributed by atoms with Gasteiger partial charge in [0.05, 0.1) is 13.2 Å². The summed E-state index contributed by atoms with van der Waals surface area (Å²) in [6.45, 7) is 5.57. The SMILES string of the molecule is CCCCCCCCCCCCCCCCCCCCCCCCCC(=O)OC(COC(=O)CCCCCCCCCCCCCCCCCCCCC)COP(=O)(O)OCC. The lowest BCUT2D eigenvalue weighted by Crippen LogP contribution is -2.29. The van der Waals surface area contributed by atoms with Crippen molar-refractivity contribution in [3.8, 4) is 0 Å². The molecule has 0 aromatic rings. The second-order valence-corrected chi connectivity index (χ2v) is 20.1. The van der Waals surface area contributed by atoms with Gasteiger partial charge in [-0.25, -0.2) is 4.57 Å². The van der Waals surface area contributed by atoms with Gasteiger partial charge >= 0.3 is 19.8 Å². The molecule has 0 aliphatic carbocycles. The third-order valence-corrected chi connectivity index (χ3v) is 13.5. The molecule has 0 aromatic heterocycles. The van der Waals surface area contributed by atoms with Gasteiger partial charge in [-0.2, -0.15) is 0 Å². The van der Waals surface area contributed by atoms with Gasteiger partial charge in [-0.15, -0.1) is 0 Å². The fourth-order valence-electron chi connectivity index (χ4n) is 8.40. The molecular formula is C53H105O8P. The fraction of sp³-hybridized carbons (Fsp3) is 0.962. The summed E-state index contributed by atoms with van der Waals surface area (Å²) in [7, 11) is -4.28. The van der Waals surface area contributed by atoms with Crippen molar-refractivity contribution in [2.24, 2.45) is 0 Å². The quantitative estimate of drug-likeness (QED) is 0.0365. The first-order chi connectivity index (χ1) is 30.3. The standard InChI is InChI=1S/C53H105O8P/c1-4-7-9-11-13-15-17-19-21-23-25-26-27-28-30-32-34-36-38-40-42-44-46-48-53(55)61-51(50-60-62(56,57)59-6-3)49-58-52(54)47-45-43-41-39-37-35-33-31-29-24-22-20-18-16-14-12-10-8-5-2/h51H,4-50H2,1-3H3,(H,56,57). The summed E-state index contributed by atoms with van der Waals surface area (Å²) < 4.78 is 32.9. The van der Waals surface area contributed by atoms with Gasteiger partial charge in [0.15, 0.2) is 6.10 Å². The van der Waals surface area contributed by atoms with Gasteiger partial charge in [0, 0.05) is 12.8 Å². The Kier molecular flexibility index (Phi) is 48.7. The van der Waals surface area contributed by atoms with Crippen molar-refractivity contribution < 1.29 is 37.6 Å². The van der Waals surface area contributed by atoms with Crippen LogP contribution in [0.3, 0.4) is 0 Å². The van der Waals surface area contributed by atoms with E-state index < -0.39 is 19.9 Å². The Balaban J connectivity index is 3.88. The van der Waals surface area contributed by atoms with Crippen molar-refractivity contribution >= 4 is 19.8 Å². The summed E-state index contributed by atoms with van der Waals surface area (Å²) in [6, 6.07) is 0. The van der Waals surface area contributed by atoms with Gasteiger partial charge in [-0.1, -0.05) is 271 Å². The highest BCUT2D eigenvalue weighted by molar-refractivity contribution is 7.47. The second-order valence-electron chi connectivity index (χ2n) is 18.6. The second kappa shape index (κ2) is 49.5. The van der Waals surface area contributed by atoms with E-state index in [2.05, 4.69) is 13.8 Å². The smallest absolute Gasteiger partial charge is 0.462 e. The monoisotopic (exact) mass is 901 g/mol. The number of rotatable bonds is 52. The Labute approximate surface area is 385 Å². The Morgan fingerprint density at radius 3 is 0.903 bits per heavy atom. The van der Waals surface area contributed by atoms with Crippen molar-refractivity contribution in [2.75, 3.05) is 19.8 Å². The molecule has 2 unspecified atom stereocenters. The summed E-state index contributed by atoms with van der Waals surface area (Å²) in [6.07, 6.45) is 54.6. The largest absolute Gasteiger partial charge is 0.472 e. The maximum atomic E-state index is 12.6. The van der Waals surface area contributed by atoms with Crippen LogP contribution in [0, 0.1) is 0 Å². The van der Waals surface area contributed by atoms with Crippen molar-refractivity contribution in [2.45, 2.75) is 309 Å². The van der Waals surface area contributed by atoms with Gasteiger partial charge in [0.1, 0.15) is 6.61 Å². The van der Waals surface area contributed by atoms with Crippen LogP contribution in [0.2, 0.25) is 0 Å². The molecule has 2 atom stereocenters. The minimum Gasteiger partial charge on any atom is -0.462 e. The van der Waals surface area contributed by atoms with Crippen LogP contribution in [0.25, 0.3) is 0 Å². The molecule has 0 bridgehead atoms. The van der Waals surface area contributed by atoms with E-state index >= 15 is 0 Å². The highest BCUT2D eigenvalue weighted by atomic mass is 31.2. The Hall–Kier alpha value is -0.950. The molecule has 1 N–H and O–H groups in total. The predicted octanol–water partition coefficient (Wildman–Crippen LogP) is 17.8. The van der Waals surface area contributed by atoms with Crippen LogP contribution in [-0.4, -0.2) is 42.8 Å². The van der Waals surface area contributed by atoms with Crippen molar-refractivity contribution in [3.05, 3.63) is 0 Å². The molecule has 62 heavy (non-hydrogen) atoms. The average Bonchev–Trinajstić information content (AvgIpc) is 3.25. The number of unbranched alkanes of at least 4 members (excludes halogenated alkanes) is 40. The van der Waals surface area contributed by atoms with Crippen LogP contribution in [0.1, 0.15) is 303 Å². The highest BCUT2D eigenvalue weighted by Crippen LogP contribution is 2.43. The highest BCUT2D eigenvalue weighted by Gasteiger charge is 2.25. The van der Waals surface area contributed by atoms with Crippen LogP contribution < -0.4 is 0 Å². The minimum atomic E-state index is -4.28. The number of ether oxygens (including phenoxy) is 2. The molecule has 0 fully saturated rings. The van der Waals surface area contributed by atoms with E-state index in [4.69, 9.17) is 18.5 Å². The number of phosphoric ester groups is 1. The third kappa shape index (κ3) is 48.5. The van der Waals surface area contributed by atoms with E-state index in [1.165, 1.54) is 231 Å². The fourth-order valence-corrected chi connectivity index (χ4v) is 9.15. The molecule has 0 spiro atoms. The minimum absolute atomic E-state index is 0.00615. The van der Waals surface area contributed by atoms with Crippen molar-refractivity contribution in [1.82, 2.24) is 0 Å². The zero-order valence-corrected chi connectivity index (χ0v) is 42.5. The van der Waals surface area contributed by atoms with E-state index in [0.29, 0.717) is 6.42 Å². The zero-order chi connectivity index (χ0) is 45.3. The molecule has 370 valence electrons. The number of phosphoric acid groups is 1. The van der Waals surface area contributed by atoms with Crippen LogP contribution in [0.15, 0.2) is 0 Å². The normalized spacial score (nSPS) is 13.0. The Morgan fingerprint density at radius 1 is 0.371 bits per heavy atom. The van der Waals surface area contributed by atoms with Crippen LogP contribution in [0.4, 0.5) is 0 Å². The maximum Gasteiger partial charge on any atom is 0.472 e. The molecule has 8 nitrogen and oxygen atoms in total. The lowest BCUT2D eigenvalue weighted by atomic mass is 10.0. The summed E-state index contributed by atoms with van der Waals surface area (Å²) in [5.74, 6) is -0.772. The molecule has 0 rings (SSSR count). The molecule has 0 heterocycles. The molecule has 0 amide bonds. The first-order valence-corrected chi connectivity index (χ1v) is 28.8. The van der Waals surface area contributed by atoms with Gasteiger partial charge in [0.25, 0.3) is 0 Å². The van der Waals surface area contributed by atoms with Gasteiger partial charge in [0.2, 0.25) is 0 Å². The molecule has 0 aliphatic rings. The van der Waals surface area contributed by atoms with E-state index in [0.717, 1.165) is 38.5 Å². The van der Waals surface area contributed by atoms with E-state index in [-0.39, 0.29) is 32.2 Å². The van der Waals surface area contributed by atoms with Crippen LogP contribution in [-0.2, 0) is 32.7 Å². The van der Waals surface area contributed by atoms with Gasteiger partial charge < -0.3 is 14.4 Å².